The van der Waals surface area contributed by atoms with Crippen molar-refractivity contribution in [3.63, 3.8) is 0 Å². The number of methoxy groups -OCH3 is 1. The number of rotatable bonds is 5. The number of esters is 1. The Balaban J connectivity index is 1.80. The third-order valence-electron chi connectivity index (χ3n) is 4.07. The molecule has 0 aromatic carbocycles. The second-order valence-corrected chi connectivity index (χ2v) is 8.20. The largest absolute Gasteiger partial charge is 0.468 e. The molecule has 1 aliphatic rings. The molecule has 24 heavy (non-hydrogen) atoms. The van der Waals surface area contributed by atoms with E-state index in [9.17, 15) is 4.79 Å². The Morgan fingerprint density at radius 2 is 2.42 bits per heavy atom. The summed E-state index contributed by atoms with van der Waals surface area (Å²) >= 11 is 8.95. The molecule has 0 bridgehead atoms. The molecule has 1 N–H and O–H groups in total. The lowest BCUT2D eigenvalue weighted by molar-refractivity contribution is -0.921. The van der Waals surface area contributed by atoms with Gasteiger partial charge in [0.15, 0.2) is 17.7 Å². The van der Waals surface area contributed by atoms with Crippen molar-refractivity contribution in [2.45, 2.75) is 25.4 Å². The van der Waals surface area contributed by atoms with Crippen molar-refractivity contribution in [2.24, 2.45) is 0 Å². The molecule has 0 amide bonds. The first kappa shape index (κ1) is 17.7. The van der Waals surface area contributed by atoms with Gasteiger partial charge in [-0.25, -0.2) is 0 Å². The Morgan fingerprint density at radius 3 is 3.08 bits per heavy atom. The highest BCUT2D eigenvalue weighted by Gasteiger charge is 2.30. The summed E-state index contributed by atoms with van der Waals surface area (Å²) in [6, 6.07) is 4.09. The van der Waals surface area contributed by atoms with Crippen LogP contribution in [0.3, 0.4) is 0 Å². The van der Waals surface area contributed by atoms with Crippen molar-refractivity contribution in [1.82, 2.24) is 14.3 Å². The summed E-state index contributed by atoms with van der Waals surface area (Å²) in [7, 11) is 1.45. The van der Waals surface area contributed by atoms with Gasteiger partial charge in [-0.15, -0.1) is 28.2 Å². The Bertz CT molecular complexity index is 753. The monoisotopic (exact) mass is 385 g/mol. The first-order chi connectivity index (χ1) is 11.6. The summed E-state index contributed by atoms with van der Waals surface area (Å²) in [5.74, 6) is 1.72. The van der Waals surface area contributed by atoms with Gasteiger partial charge in [-0.2, -0.15) is 4.68 Å². The van der Waals surface area contributed by atoms with Gasteiger partial charge in [0.05, 0.1) is 18.5 Å². The van der Waals surface area contributed by atoms with Gasteiger partial charge in [0.25, 0.3) is 0 Å². The Kier molecular flexibility index (Phi) is 5.75. The van der Waals surface area contributed by atoms with Crippen LogP contribution >= 0.6 is 35.3 Å². The summed E-state index contributed by atoms with van der Waals surface area (Å²) in [5, 5.41) is 6.70. The number of aromatic nitrogens is 3. The highest BCUT2D eigenvalue weighted by molar-refractivity contribution is 8.00. The number of thioether (sulfide) groups is 1. The topological polar surface area (TPSA) is 53.5 Å². The van der Waals surface area contributed by atoms with E-state index in [4.69, 9.17) is 22.1 Å². The molecule has 2 aromatic rings. The standard InChI is InChI=1S/C15H20N4O2S3/c1-3-18-13(11-5-4-7-23-11)16-19(15(18)22)10-17-6-8-24-12(9-17)14(20)21-2/h4-5,7,12H,3,6,8-10H2,1-2H3/p+1/t12-/m0/s1. The highest BCUT2D eigenvalue weighted by atomic mass is 32.2. The molecule has 2 atom stereocenters. The molecule has 130 valence electrons. The van der Waals surface area contributed by atoms with E-state index in [0.29, 0.717) is 6.67 Å². The van der Waals surface area contributed by atoms with Crippen molar-refractivity contribution in [2.75, 3.05) is 26.0 Å². The van der Waals surface area contributed by atoms with Gasteiger partial charge in [0, 0.05) is 12.3 Å². The fraction of sp³-hybridized carbons (Fsp3) is 0.533. The molecule has 3 heterocycles. The van der Waals surface area contributed by atoms with Crippen LogP contribution < -0.4 is 4.90 Å². The molecule has 2 aromatic heterocycles. The SMILES string of the molecule is CCn1c(-c2cccs2)nn(C[NH+]2CCS[C@H](C(=O)OC)C2)c1=S. The van der Waals surface area contributed by atoms with E-state index in [1.54, 1.807) is 23.1 Å². The van der Waals surface area contributed by atoms with E-state index in [1.165, 1.54) is 12.0 Å². The van der Waals surface area contributed by atoms with Crippen LogP contribution in [0.25, 0.3) is 10.7 Å². The zero-order valence-electron chi connectivity index (χ0n) is 13.7. The van der Waals surface area contributed by atoms with Crippen LogP contribution in [0.15, 0.2) is 17.5 Å². The van der Waals surface area contributed by atoms with E-state index in [2.05, 4.69) is 17.6 Å². The van der Waals surface area contributed by atoms with Crippen molar-refractivity contribution in [3.05, 3.63) is 22.3 Å². The maximum Gasteiger partial charge on any atom is 0.324 e. The lowest BCUT2D eigenvalue weighted by Crippen LogP contribution is -3.14. The van der Waals surface area contributed by atoms with Crippen LogP contribution in [0.1, 0.15) is 6.92 Å². The molecule has 0 radical (unpaired) electrons. The molecule has 1 fully saturated rings. The predicted molar refractivity (Wildman–Crippen MR) is 99.0 cm³/mol. The number of hydrogen-bond donors (Lipinski definition) is 1. The summed E-state index contributed by atoms with van der Waals surface area (Å²) < 4.78 is 9.58. The second kappa shape index (κ2) is 7.81. The molecule has 1 aliphatic heterocycles. The Morgan fingerprint density at radius 1 is 1.58 bits per heavy atom. The lowest BCUT2D eigenvalue weighted by atomic mass is 10.3. The van der Waals surface area contributed by atoms with Crippen molar-refractivity contribution >= 4 is 41.3 Å². The van der Waals surface area contributed by atoms with Crippen LogP contribution in [0.5, 0.6) is 0 Å². The van der Waals surface area contributed by atoms with Crippen molar-refractivity contribution in [3.8, 4) is 10.7 Å². The van der Waals surface area contributed by atoms with E-state index in [-0.39, 0.29) is 11.2 Å². The van der Waals surface area contributed by atoms with Gasteiger partial charge in [0.1, 0.15) is 6.54 Å². The number of carbonyl (C=O) groups is 1. The zero-order chi connectivity index (χ0) is 17.1. The highest BCUT2D eigenvalue weighted by Crippen LogP contribution is 2.23. The van der Waals surface area contributed by atoms with E-state index in [1.807, 2.05) is 16.1 Å². The molecule has 3 rings (SSSR count). The minimum Gasteiger partial charge on any atom is -0.468 e. The molecule has 0 saturated carbocycles. The first-order valence-electron chi connectivity index (χ1n) is 7.88. The fourth-order valence-electron chi connectivity index (χ4n) is 2.82. The number of hydrogen-bond acceptors (Lipinski definition) is 6. The van der Waals surface area contributed by atoms with Crippen LogP contribution in [0, 0.1) is 4.77 Å². The van der Waals surface area contributed by atoms with Crippen molar-refractivity contribution in [1.29, 1.82) is 0 Å². The number of nitrogens with zero attached hydrogens (tertiary/aromatic N) is 3. The van der Waals surface area contributed by atoms with Gasteiger partial charge >= 0.3 is 5.97 Å². The Labute approximate surface area is 154 Å². The fourth-order valence-corrected chi connectivity index (χ4v) is 5.14. The molecular weight excluding hydrogens is 364 g/mol. The first-order valence-corrected chi connectivity index (χ1v) is 10.2. The van der Waals surface area contributed by atoms with Crippen LogP contribution in [0.4, 0.5) is 0 Å². The molecule has 1 saturated heterocycles. The molecule has 0 spiro atoms. The quantitative estimate of drug-likeness (QED) is 0.621. The third-order valence-corrected chi connectivity index (χ3v) is 6.57. The minimum absolute atomic E-state index is 0.0991. The Hall–Kier alpha value is -1.16. The van der Waals surface area contributed by atoms with Crippen LogP contribution in [-0.4, -0.2) is 51.5 Å². The van der Waals surface area contributed by atoms with E-state index in [0.717, 1.165) is 40.9 Å². The smallest absolute Gasteiger partial charge is 0.324 e. The summed E-state index contributed by atoms with van der Waals surface area (Å²) in [6.45, 7) is 5.29. The lowest BCUT2D eigenvalue weighted by Gasteiger charge is -2.27. The van der Waals surface area contributed by atoms with E-state index >= 15 is 0 Å². The van der Waals surface area contributed by atoms with Gasteiger partial charge in [-0.3, -0.25) is 9.36 Å². The molecule has 6 nitrogen and oxygen atoms in total. The third kappa shape index (κ3) is 3.58. The van der Waals surface area contributed by atoms with Gasteiger partial charge in [-0.05, 0) is 30.6 Å². The maximum atomic E-state index is 11.8. The number of ether oxygens (including phenoxy) is 1. The molecule has 0 aliphatic carbocycles. The summed E-state index contributed by atoms with van der Waals surface area (Å²) in [6.07, 6.45) is 0. The zero-order valence-corrected chi connectivity index (χ0v) is 16.2. The van der Waals surface area contributed by atoms with Crippen LogP contribution in [0.2, 0.25) is 0 Å². The van der Waals surface area contributed by atoms with Gasteiger partial charge in [0.2, 0.25) is 4.77 Å². The summed E-state index contributed by atoms with van der Waals surface area (Å²) in [5.41, 5.74) is 0. The normalized spacial score (nSPS) is 20.9. The maximum absolute atomic E-state index is 11.8. The predicted octanol–water partition coefficient (Wildman–Crippen LogP) is 1.29. The van der Waals surface area contributed by atoms with E-state index < -0.39 is 0 Å². The summed E-state index contributed by atoms with van der Waals surface area (Å²) in [4.78, 5) is 14.2. The number of carbonyl (C=O) groups excluding carboxylic acids is 1. The second-order valence-electron chi connectivity index (χ2n) is 5.57. The average Bonchev–Trinajstić information content (AvgIpc) is 3.23. The number of thiophene rings is 1. The number of quaternary nitrogens is 1. The van der Waals surface area contributed by atoms with Gasteiger partial charge in [-0.1, -0.05) is 6.07 Å². The minimum atomic E-state index is -0.140. The van der Waals surface area contributed by atoms with Crippen LogP contribution in [-0.2, 0) is 22.7 Å². The van der Waals surface area contributed by atoms with Gasteiger partial charge < -0.3 is 9.64 Å². The average molecular weight is 386 g/mol. The molecule has 1 unspecified atom stereocenters. The molecular formula is C15H21N4O2S3+. The van der Waals surface area contributed by atoms with Crippen molar-refractivity contribution < 1.29 is 14.4 Å². The molecule has 9 heteroatoms. The number of nitrogens with one attached hydrogen (secondary N) is 1.